The monoisotopic (exact) mass is 300 g/mol. The summed E-state index contributed by atoms with van der Waals surface area (Å²) in [5.41, 5.74) is 0.645. The third-order valence-electron chi connectivity index (χ3n) is 3.01. The Bertz CT molecular complexity index is 384. The van der Waals surface area contributed by atoms with E-state index in [1.54, 1.807) is 6.20 Å². The molecule has 0 spiro atoms. The lowest BCUT2D eigenvalue weighted by molar-refractivity contribution is 0.0144. The number of carbonyl (C=O) groups is 1. The van der Waals surface area contributed by atoms with E-state index in [0.717, 1.165) is 37.0 Å². The van der Waals surface area contributed by atoms with E-state index < -0.39 is 0 Å². The topological polar surface area (TPSA) is 45.3 Å². The maximum absolute atomic E-state index is 12.1. The molecule has 1 saturated heterocycles. The molecular formula is C12H17BrN2O2. The predicted molar refractivity (Wildman–Crippen MR) is 69.0 cm³/mol. The lowest BCUT2D eigenvalue weighted by Crippen LogP contribution is -2.41. The summed E-state index contributed by atoms with van der Waals surface area (Å²) in [6.07, 6.45) is 3.96. The first kappa shape index (κ1) is 12.6. The molecule has 5 heteroatoms. The van der Waals surface area contributed by atoms with Gasteiger partial charge in [-0.05, 0) is 41.8 Å². The molecule has 1 aliphatic heterocycles. The van der Waals surface area contributed by atoms with Crippen molar-refractivity contribution in [1.82, 2.24) is 9.88 Å². The van der Waals surface area contributed by atoms with Gasteiger partial charge in [0.2, 0.25) is 0 Å². The smallest absolute Gasteiger partial charge is 0.270 e. The maximum Gasteiger partial charge on any atom is 0.270 e. The molecule has 0 aliphatic carbocycles. The first-order chi connectivity index (χ1) is 8.20. The van der Waals surface area contributed by atoms with Crippen molar-refractivity contribution in [2.24, 2.45) is 0 Å². The van der Waals surface area contributed by atoms with Crippen molar-refractivity contribution in [2.45, 2.75) is 25.9 Å². The number of likely N-dealkylation sites (tertiary alicyclic amines) is 1. The van der Waals surface area contributed by atoms with Gasteiger partial charge in [0.05, 0.1) is 6.10 Å². The SMILES string of the molecule is CCOC1CCN(C(=O)c2cc(Br)c[nH]2)CC1. The van der Waals surface area contributed by atoms with Crippen LogP contribution in [0.1, 0.15) is 30.3 Å². The van der Waals surface area contributed by atoms with Crippen molar-refractivity contribution in [2.75, 3.05) is 19.7 Å². The molecule has 94 valence electrons. The zero-order valence-corrected chi connectivity index (χ0v) is 11.5. The van der Waals surface area contributed by atoms with Crippen LogP contribution in [0.4, 0.5) is 0 Å². The van der Waals surface area contributed by atoms with E-state index in [1.807, 2.05) is 17.9 Å². The molecule has 1 aromatic heterocycles. The van der Waals surface area contributed by atoms with Crippen LogP contribution in [-0.4, -0.2) is 41.6 Å². The first-order valence-corrected chi connectivity index (χ1v) is 6.74. The third-order valence-corrected chi connectivity index (χ3v) is 3.47. The standard InChI is InChI=1S/C12H17BrN2O2/c1-2-17-10-3-5-15(6-4-10)12(16)11-7-9(13)8-14-11/h7-8,10,14H,2-6H2,1H3. The molecule has 17 heavy (non-hydrogen) atoms. The Labute approximate surface area is 109 Å². The second-order valence-electron chi connectivity index (χ2n) is 4.18. The Kier molecular flexibility index (Phi) is 4.23. The molecule has 0 aromatic carbocycles. The van der Waals surface area contributed by atoms with Crippen molar-refractivity contribution >= 4 is 21.8 Å². The molecule has 4 nitrogen and oxygen atoms in total. The second-order valence-corrected chi connectivity index (χ2v) is 5.09. The number of H-pyrrole nitrogens is 1. The van der Waals surface area contributed by atoms with Crippen molar-refractivity contribution in [3.8, 4) is 0 Å². The molecular weight excluding hydrogens is 284 g/mol. The van der Waals surface area contributed by atoms with Gasteiger partial charge in [0, 0.05) is 30.4 Å². The Morgan fingerprint density at radius 1 is 1.59 bits per heavy atom. The van der Waals surface area contributed by atoms with Crippen LogP contribution in [0, 0.1) is 0 Å². The quantitative estimate of drug-likeness (QED) is 0.932. The summed E-state index contributed by atoms with van der Waals surface area (Å²) in [7, 11) is 0. The van der Waals surface area contributed by atoms with Gasteiger partial charge in [0.25, 0.3) is 5.91 Å². The van der Waals surface area contributed by atoms with Gasteiger partial charge in [-0.3, -0.25) is 4.79 Å². The van der Waals surface area contributed by atoms with Gasteiger partial charge in [0.15, 0.2) is 0 Å². The summed E-state index contributed by atoms with van der Waals surface area (Å²) < 4.78 is 6.47. The van der Waals surface area contributed by atoms with Crippen LogP contribution in [0.15, 0.2) is 16.7 Å². The number of rotatable bonds is 3. The molecule has 0 bridgehead atoms. The summed E-state index contributed by atoms with van der Waals surface area (Å²) in [5.74, 6) is 0.0747. The fraction of sp³-hybridized carbons (Fsp3) is 0.583. The molecule has 0 unspecified atom stereocenters. The van der Waals surface area contributed by atoms with Crippen LogP contribution < -0.4 is 0 Å². The molecule has 1 fully saturated rings. The van der Waals surface area contributed by atoms with Crippen molar-refractivity contribution in [1.29, 1.82) is 0 Å². The van der Waals surface area contributed by atoms with E-state index >= 15 is 0 Å². The van der Waals surface area contributed by atoms with Crippen molar-refractivity contribution < 1.29 is 9.53 Å². The van der Waals surface area contributed by atoms with E-state index in [-0.39, 0.29) is 5.91 Å². The minimum atomic E-state index is 0.0747. The number of hydrogen-bond donors (Lipinski definition) is 1. The lowest BCUT2D eigenvalue weighted by Gasteiger charge is -2.31. The molecule has 1 aliphatic rings. The number of ether oxygens (including phenoxy) is 1. The molecule has 1 amide bonds. The fourth-order valence-corrected chi connectivity index (χ4v) is 2.47. The minimum Gasteiger partial charge on any atom is -0.378 e. The van der Waals surface area contributed by atoms with Crippen LogP contribution in [0.2, 0.25) is 0 Å². The predicted octanol–water partition coefficient (Wildman–Crippen LogP) is 2.42. The lowest BCUT2D eigenvalue weighted by atomic mass is 10.1. The number of aromatic amines is 1. The largest absolute Gasteiger partial charge is 0.378 e. The van der Waals surface area contributed by atoms with Crippen LogP contribution in [-0.2, 0) is 4.74 Å². The summed E-state index contributed by atoms with van der Waals surface area (Å²) in [5, 5.41) is 0. The van der Waals surface area contributed by atoms with Crippen LogP contribution in [0.3, 0.4) is 0 Å². The molecule has 2 heterocycles. The summed E-state index contributed by atoms with van der Waals surface area (Å²) >= 11 is 3.33. The molecule has 0 atom stereocenters. The summed E-state index contributed by atoms with van der Waals surface area (Å²) in [4.78, 5) is 17.0. The number of nitrogens with one attached hydrogen (secondary N) is 1. The van der Waals surface area contributed by atoms with E-state index in [4.69, 9.17) is 4.74 Å². The number of piperidine rings is 1. The molecule has 0 saturated carbocycles. The van der Waals surface area contributed by atoms with Gasteiger partial charge < -0.3 is 14.6 Å². The normalized spacial score (nSPS) is 17.4. The Balaban J connectivity index is 1.90. The highest BCUT2D eigenvalue weighted by molar-refractivity contribution is 9.10. The van der Waals surface area contributed by atoms with E-state index in [9.17, 15) is 4.79 Å². The molecule has 1 N–H and O–H groups in total. The highest BCUT2D eigenvalue weighted by Crippen LogP contribution is 2.17. The van der Waals surface area contributed by atoms with Crippen molar-refractivity contribution in [3.63, 3.8) is 0 Å². The van der Waals surface area contributed by atoms with Crippen molar-refractivity contribution in [3.05, 3.63) is 22.4 Å². The van der Waals surface area contributed by atoms with Gasteiger partial charge in [-0.2, -0.15) is 0 Å². The van der Waals surface area contributed by atoms with Crippen LogP contribution in [0.25, 0.3) is 0 Å². The van der Waals surface area contributed by atoms with Crippen LogP contribution >= 0.6 is 15.9 Å². The number of hydrogen-bond acceptors (Lipinski definition) is 2. The third kappa shape index (κ3) is 3.10. The second kappa shape index (κ2) is 5.69. The van der Waals surface area contributed by atoms with E-state index in [0.29, 0.717) is 11.8 Å². The Morgan fingerprint density at radius 2 is 2.29 bits per heavy atom. The first-order valence-electron chi connectivity index (χ1n) is 5.95. The number of amides is 1. The van der Waals surface area contributed by atoms with Gasteiger partial charge in [-0.1, -0.05) is 0 Å². The van der Waals surface area contributed by atoms with Gasteiger partial charge in [-0.25, -0.2) is 0 Å². The zero-order valence-electron chi connectivity index (χ0n) is 9.91. The highest BCUT2D eigenvalue weighted by Gasteiger charge is 2.24. The average Bonchev–Trinajstić information content (AvgIpc) is 2.76. The fourth-order valence-electron chi connectivity index (χ4n) is 2.12. The minimum absolute atomic E-state index is 0.0747. The maximum atomic E-state index is 12.1. The Morgan fingerprint density at radius 3 is 2.82 bits per heavy atom. The molecule has 1 aromatic rings. The molecule has 2 rings (SSSR count). The van der Waals surface area contributed by atoms with Gasteiger partial charge in [0.1, 0.15) is 5.69 Å². The van der Waals surface area contributed by atoms with Gasteiger partial charge >= 0.3 is 0 Å². The number of halogens is 1. The Hall–Kier alpha value is -0.810. The number of carbonyl (C=O) groups excluding carboxylic acids is 1. The molecule has 0 radical (unpaired) electrons. The van der Waals surface area contributed by atoms with Crippen LogP contribution in [0.5, 0.6) is 0 Å². The summed E-state index contributed by atoms with van der Waals surface area (Å²) in [6, 6.07) is 1.82. The van der Waals surface area contributed by atoms with E-state index in [1.165, 1.54) is 0 Å². The number of aromatic nitrogens is 1. The average molecular weight is 301 g/mol. The number of nitrogens with zero attached hydrogens (tertiary/aromatic N) is 1. The zero-order chi connectivity index (χ0) is 12.3. The van der Waals surface area contributed by atoms with Gasteiger partial charge in [-0.15, -0.1) is 0 Å². The highest BCUT2D eigenvalue weighted by atomic mass is 79.9. The van der Waals surface area contributed by atoms with E-state index in [2.05, 4.69) is 20.9 Å². The summed E-state index contributed by atoms with van der Waals surface area (Å²) in [6.45, 7) is 4.32.